The molecule has 0 radical (unpaired) electrons. The number of nitrogens with zero attached hydrogens (tertiary/aromatic N) is 1. The maximum Gasteiger partial charge on any atom is 0.140 e. The van der Waals surface area contributed by atoms with Gasteiger partial charge in [-0.1, -0.05) is 90.9 Å². The fourth-order valence-corrected chi connectivity index (χ4v) is 6.45. The summed E-state index contributed by atoms with van der Waals surface area (Å²) >= 11 is 0. The van der Waals surface area contributed by atoms with Crippen LogP contribution in [0.15, 0.2) is 12.1 Å². The van der Waals surface area contributed by atoms with Crippen LogP contribution in [0.5, 0.6) is 17.2 Å². The van der Waals surface area contributed by atoms with Crippen LogP contribution in [0.4, 0.5) is 0 Å². The number of hydrogen-bond donors (Lipinski definition) is 0. The summed E-state index contributed by atoms with van der Waals surface area (Å²) in [6, 6.07) is 4.43. The van der Waals surface area contributed by atoms with Gasteiger partial charge in [0.1, 0.15) is 23.0 Å². The second kappa shape index (κ2) is 21.0. The molecule has 230 valence electrons. The number of carbonyl (C=O) groups excluding carboxylic acids is 1. The molecule has 0 saturated carbocycles. The lowest BCUT2D eigenvalue weighted by molar-refractivity contribution is -0.122. The van der Waals surface area contributed by atoms with Crippen molar-refractivity contribution >= 4 is 5.78 Å². The van der Waals surface area contributed by atoms with Crippen molar-refractivity contribution in [1.29, 1.82) is 0 Å². The first kappa shape index (κ1) is 34.5. The van der Waals surface area contributed by atoms with Crippen molar-refractivity contribution in [2.45, 2.75) is 142 Å². The van der Waals surface area contributed by atoms with Gasteiger partial charge in [-0.15, -0.1) is 0 Å². The summed E-state index contributed by atoms with van der Waals surface area (Å²) in [5.74, 6) is 2.42. The van der Waals surface area contributed by atoms with Crippen molar-refractivity contribution in [3.8, 4) is 17.2 Å². The van der Waals surface area contributed by atoms with E-state index < -0.39 is 0 Å². The largest absolute Gasteiger partial charge is 0.496 e. The van der Waals surface area contributed by atoms with E-state index in [-0.39, 0.29) is 5.92 Å². The van der Waals surface area contributed by atoms with Gasteiger partial charge in [0, 0.05) is 36.1 Å². The van der Waals surface area contributed by atoms with Gasteiger partial charge in [-0.2, -0.15) is 0 Å². The topological polar surface area (TPSA) is 48.0 Å². The summed E-state index contributed by atoms with van der Waals surface area (Å²) in [6.07, 6.45) is 23.3. The fourth-order valence-electron chi connectivity index (χ4n) is 6.45. The van der Waals surface area contributed by atoms with E-state index in [4.69, 9.17) is 14.2 Å². The number of carbonyl (C=O) groups is 1. The van der Waals surface area contributed by atoms with Crippen LogP contribution in [0.1, 0.15) is 135 Å². The van der Waals surface area contributed by atoms with E-state index in [0.717, 1.165) is 43.8 Å². The third-order valence-corrected chi connectivity index (χ3v) is 9.00. The summed E-state index contributed by atoms with van der Waals surface area (Å²) in [6.45, 7) is 6.93. The predicted molar refractivity (Wildman–Crippen MR) is 168 cm³/mol. The van der Waals surface area contributed by atoms with Gasteiger partial charge in [-0.3, -0.25) is 4.79 Å². The standard InChI is InChI=1S/C35H61NO4/c1-6-8-9-10-11-12-13-14-15-16-17-21-29(22-20-25-36-24-19-18-23-30(36)7-2)33(37)28-32-34(39-4)26-31(38-3)27-35(32)40-5/h26-27,29-30H,6-25,28H2,1-5H3. The minimum atomic E-state index is 0.0972. The first-order chi connectivity index (χ1) is 19.6. The van der Waals surface area contributed by atoms with Crippen molar-refractivity contribution in [1.82, 2.24) is 4.90 Å². The van der Waals surface area contributed by atoms with Crippen LogP contribution in [0.3, 0.4) is 0 Å². The van der Waals surface area contributed by atoms with Crippen LogP contribution in [0, 0.1) is 5.92 Å². The molecule has 2 unspecified atom stereocenters. The van der Waals surface area contributed by atoms with E-state index in [0.29, 0.717) is 29.5 Å². The number of hydrogen-bond acceptors (Lipinski definition) is 5. The Labute approximate surface area is 246 Å². The van der Waals surface area contributed by atoms with Crippen LogP contribution in [-0.2, 0) is 11.2 Å². The second-order valence-electron chi connectivity index (χ2n) is 11.9. The monoisotopic (exact) mass is 559 g/mol. The Balaban J connectivity index is 1.92. The molecular weight excluding hydrogens is 498 g/mol. The van der Waals surface area contributed by atoms with Gasteiger partial charge in [-0.25, -0.2) is 0 Å². The number of Topliss-reactive ketones (excluding diaryl/α,β-unsaturated/α-hetero) is 1. The van der Waals surface area contributed by atoms with Crippen LogP contribution in [-0.4, -0.2) is 51.1 Å². The molecule has 0 bridgehead atoms. The van der Waals surface area contributed by atoms with Gasteiger partial charge < -0.3 is 19.1 Å². The highest BCUT2D eigenvalue weighted by molar-refractivity contribution is 5.84. The van der Waals surface area contributed by atoms with Gasteiger partial charge in [0.25, 0.3) is 0 Å². The fraction of sp³-hybridized carbons (Fsp3) is 0.800. The molecule has 1 aliphatic rings. The Bertz CT molecular complexity index is 786. The molecule has 40 heavy (non-hydrogen) atoms. The van der Waals surface area contributed by atoms with E-state index in [1.54, 1.807) is 21.3 Å². The van der Waals surface area contributed by atoms with E-state index in [2.05, 4.69) is 18.7 Å². The van der Waals surface area contributed by atoms with Gasteiger partial charge >= 0.3 is 0 Å². The SMILES string of the molecule is CCCCCCCCCCCCCC(CCCN1CCCCC1CC)C(=O)Cc1c(OC)cc(OC)cc1OC. The highest BCUT2D eigenvalue weighted by atomic mass is 16.5. The molecule has 2 rings (SSSR count). The quantitative estimate of drug-likeness (QED) is 0.125. The Morgan fingerprint density at radius 3 is 1.93 bits per heavy atom. The molecule has 1 aliphatic heterocycles. The molecule has 0 N–H and O–H groups in total. The van der Waals surface area contributed by atoms with Crippen molar-refractivity contribution in [3.05, 3.63) is 17.7 Å². The molecule has 0 amide bonds. The molecule has 5 heteroatoms. The van der Waals surface area contributed by atoms with E-state index in [9.17, 15) is 4.79 Å². The zero-order chi connectivity index (χ0) is 29.0. The maximum absolute atomic E-state index is 13.8. The molecule has 1 aromatic rings. The minimum Gasteiger partial charge on any atom is -0.496 e. The lowest BCUT2D eigenvalue weighted by Crippen LogP contribution is -2.39. The normalized spacial score (nSPS) is 16.6. The first-order valence-corrected chi connectivity index (χ1v) is 16.6. The third-order valence-electron chi connectivity index (χ3n) is 9.00. The van der Waals surface area contributed by atoms with Gasteiger partial charge in [-0.05, 0) is 51.6 Å². The van der Waals surface area contributed by atoms with E-state index in [1.807, 2.05) is 12.1 Å². The second-order valence-corrected chi connectivity index (χ2v) is 11.9. The lowest BCUT2D eigenvalue weighted by Gasteiger charge is -2.35. The average molecular weight is 560 g/mol. The van der Waals surface area contributed by atoms with Crippen molar-refractivity contribution in [2.24, 2.45) is 5.92 Å². The van der Waals surface area contributed by atoms with Crippen molar-refractivity contribution < 1.29 is 19.0 Å². The summed E-state index contributed by atoms with van der Waals surface area (Å²) in [5, 5.41) is 0. The lowest BCUT2D eigenvalue weighted by atomic mass is 9.88. The Hall–Kier alpha value is -1.75. The smallest absolute Gasteiger partial charge is 0.140 e. The van der Waals surface area contributed by atoms with Crippen LogP contribution < -0.4 is 14.2 Å². The molecule has 1 heterocycles. The molecule has 1 saturated heterocycles. The molecule has 0 aromatic heterocycles. The highest BCUT2D eigenvalue weighted by Crippen LogP contribution is 2.35. The molecule has 5 nitrogen and oxygen atoms in total. The average Bonchev–Trinajstić information content (AvgIpc) is 2.98. The summed E-state index contributed by atoms with van der Waals surface area (Å²) < 4.78 is 16.7. The molecule has 1 fully saturated rings. The number of piperidine rings is 1. The number of ketones is 1. The Morgan fingerprint density at radius 2 is 1.38 bits per heavy atom. The Morgan fingerprint density at radius 1 is 0.800 bits per heavy atom. The van der Waals surface area contributed by atoms with Crippen LogP contribution in [0.25, 0.3) is 0 Å². The summed E-state index contributed by atoms with van der Waals surface area (Å²) in [4.78, 5) is 16.4. The number of methoxy groups -OCH3 is 3. The minimum absolute atomic E-state index is 0.0972. The summed E-state index contributed by atoms with van der Waals surface area (Å²) in [7, 11) is 4.93. The Kier molecular flexibility index (Phi) is 18.1. The van der Waals surface area contributed by atoms with E-state index >= 15 is 0 Å². The number of rotatable bonds is 23. The van der Waals surface area contributed by atoms with Gasteiger partial charge in [0.2, 0.25) is 0 Å². The van der Waals surface area contributed by atoms with Crippen LogP contribution in [0.2, 0.25) is 0 Å². The summed E-state index contributed by atoms with van der Waals surface area (Å²) in [5.41, 5.74) is 0.835. The maximum atomic E-state index is 13.8. The molecule has 0 spiro atoms. The number of ether oxygens (including phenoxy) is 3. The van der Waals surface area contributed by atoms with Crippen molar-refractivity contribution in [2.75, 3.05) is 34.4 Å². The number of likely N-dealkylation sites (tertiary alicyclic amines) is 1. The predicted octanol–water partition coefficient (Wildman–Crippen LogP) is 9.19. The van der Waals surface area contributed by atoms with Gasteiger partial charge in [0.15, 0.2) is 0 Å². The molecule has 1 aromatic carbocycles. The van der Waals surface area contributed by atoms with E-state index in [1.165, 1.54) is 96.4 Å². The molecule has 0 aliphatic carbocycles. The first-order valence-electron chi connectivity index (χ1n) is 16.6. The number of benzene rings is 1. The molecule has 2 atom stereocenters. The third kappa shape index (κ3) is 12.4. The zero-order valence-corrected chi connectivity index (χ0v) is 26.7. The van der Waals surface area contributed by atoms with Crippen molar-refractivity contribution in [3.63, 3.8) is 0 Å². The zero-order valence-electron chi connectivity index (χ0n) is 26.7. The highest BCUT2D eigenvalue weighted by Gasteiger charge is 2.25. The number of unbranched alkanes of at least 4 members (excludes halogenated alkanes) is 10. The van der Waals surface area contributed by atoms with Gasteiger partial charge in [0.05, 0.1) is 21.3 Å². The molecular formula is C35H61NO4. The van der Waals surface area contributed by atoms with Crippen LogP contribution >= 0.6 is 0 Å².